The van der Waals surface area contributed by atoms with Gasteiger partial charge in [0.2, 0.25) is 0 Å². The Morgan fingerprint density at radius 3 is 2.59 bits per heavy atom. The highest BCUT2D eigenvalue weighted by atomic mass is 16.3. The van der Waals surface area contributed by atoms with Gasteiger partial charge in [0.05, 0.1) is 11.5 Å². The maximum atomic E-state index is 9.56. The summed E-state index contributed by atoms with van der Waals surface area (Å²) in [6.45, 7) is 0. The number of rotatable bonds is 2. The highest BCUT2D eigenvalue weighted by Gasteiger charge is 2.51. The Hall–Kier alpha value is -1.49. The lowest BCUT2D eigenvalue weighted by Crippen LogP contribution is -2.28. The second-order valence-electron chi connectivity index (χ2n) is 5.69. The molecule has 2 aliphatic rings. The third-order valence-electron chi connectivity index (χ3n) is 4.65. The molecular weight excluding hydrogens is 210 g/mol. The SMILES string of the molecule is N#CC1(Cc2ccc(O)cc2)CC2CCC1C2. The second kappa shape index (κ2) is 3.77. The molecule has 0 heterocycles. The van der Waals surface area contributed by atoms with Crippen molar-refractivity contribution >= 4 is 0 Å². The number of nitrogens with zero attached hydrogens (tertiary/aromatic N) is 1. The van der Waals surface area contributed by atoms with Crippen molar-refractivity contribution in [2.45, 2.75) is 32.1 Å². The molecule has 3 rings (SSSR count). The smallest absolute Gasteiger partial charge is 0.115 e. The van der Waals surface area contributed by atoms with Gasteiger partial charge >= 0.3 is 0 Å². The highest BCUT2D eigenvalue weighted by molar-refractivity contribution is 5.29. The molecule has 0 saturated heterocycles. The van der Waals surface area contributed by atoms with Crippen LogP contribution in [0.5, 0.6) is 5.75 Å². The fourth-order valence-electron chi connectivity index (χ4n) is 3.82. The summed E-state index contributed by atoms with van der Waals surface area (Å²) in [5, 5.41) is 18.8. The molecule has 2 fully saturated rings. The van der Waals surface area contributed by atoms with Gasteiger partial charge in [0, 0.05) is 0 Å². The first kappa shape index (κ1) is 10.7. The van der Waals surface area contributed by atoms with Gasteiger partial charge in [-0.25, -0.2) is 0 Å². The average Bonchev–Trinajstić information content (AvgIpc) is 2.93. The molecule has 0 aromatic heterocycles. The van der Waals surface area contributed by atoms with Crippen LogP contribution in [0.4, 0.5) is 0 Å². The van der Waals surface area contributed by atoms with E-state index in [9.17, 15) is 10.4 Å². The van der Waals surface area contributed by atoms with Crippen LogP contribution in [0.25, 0.3) is 0 Å². The first-order valence-corrected chi connectivity index (χ1v) is 6.41. The quantitative estimate of drug-likeness (QED) is 0.842. The zero-order chi connectivity index (χ0) is 11.9. The summed E-state index contributed by atoms with van der Waals surface area (Å²) < 4.78 is 0. The van der Waals surface area contributed by atoms with Crippen molar-refractivity contribution in [2.24, 2.45) is 17.3 Å². The van der Waals surface area contributed by atoms with Crippen LogP contribution in [0, 0.1) is 28.6 Å². The molecule has 88 valence electrons. The summed E-state index contributed by atoms with van der Waals surface area (Å²) in [5.74, 6) is 1.69. The molecule has 0 aliphatic heterocycles. The average molecular weight is 227 g/mol. The Bertz CT molecular complexity index is 459. The summed E-state index contributed by atoms with van der Waals surface area (Å²) in [7, 11) is 0. The lowest BCUT2D eigenvalue weighted by molar-refractivity contribution is 0.239. The monoisotopic (exact) mass is 227 g/mol. The predicted molar refractivity (Wildman–Crippen MR) is 65.3 cm³/mol. The maximum absolute atomic E-state index is 9.56. The number of nitriles is 1. The number of hydrogen-bond acceptors (Lipinski definition) is 2. The van der Waals surface area contributed by atoms with Crippen molar-refractivity contribution in [1.29, 1.82) is 5.26 Å². The summed E-state index contributed by atoms with van der Waals surface area (Å²) in [6, 6.07) is 9.93. The number of aromatic hydroxyl groups is 1. The molecule has 1 N–H and O–H groups in total. The molecule has 1 aromatic carbocycles. The first-order valence-electron chi connectivity index (χ1n) is 6.41. The number of fused-ring (bicyclic) bond motifs is 2. The minimum absolute atomic E-state index is 0.125. The number of phenolic OH excluding ortho intramolecular Hbond substituents is 1. The fraction of sp³-hybridized carbons (Fsp3) is 0.533. The minimum Gasteiger partial charge on any atom is -0.508 e. The van der Waals surface area contributed by atoms with E-state index in [1.807, 2.05) is 12.1 Å². The molecule has 17 heavy (non-hydrogen) atoms. The molecule has 3 atom stereocenters. The first-order chi connectivity index (χ1) is 8.22. The lowest BCUT2D eigenvalue weighted by atomic mass is 9.70. The molecule has 2 bridgehead atoms. The third kappa shape index (κ3) is 1.70. The van der Waals surface area contributed by atoms with Gasteiger partial charge in [0.25, 0.3) is 0 Å². The Labute approximate surface area is 102 Å². The summed E-state index contributed by atoms with van der Waals surface area (Å²) in [6.07, 6.45) is 5.74. The van der Waals surface area contributed by atoms with Gasteiger partial charge in [0.15, 0.2) is 0 Å². The van der Waals surface area contributed by atoms with E-state index in [2.05, 4.69) is 6.07 Å². The van der Waals surface area contributed by atoms with Crippen LogP contribution >= 0.6 is 0 Å². The van der Waals surface area contributed by atoms with E-state index in [0.29, 0.717) is 11.7 Å². The Morgan fingerprint density at radius 1 is 1.29 bits per heavy atom. The van der Waals surface area contributed by atoms with Crippen LogP contribution in [-0.2, 0) is 6.42 Å². The lowest BCUT2D eigenvalue weighted by Gasteiger charge is -2.31. The van der Waals surface area contributed by atoms with Gasteiger partial charge in [0.1, 0.15) is 5.75 Å². The Kier molecular flexibility index (Phi) is 2.36. The van der Waals surface area contributed by atoms with E-state index < -0.39 is 0 Å². The van der Waals surface area contributed by atoms with Gasteiger partial charge in [-0.05, 0) is 55.2 Å². The van der Waals surface area contributed by atoms with Crippen molar-refractivity contribution in [3.8, 4) is 11.8 Å². The zero-order valence-electron chi connectivity index (χ0n) is 9.89. The van der Waals surface area contributed by atoms with E-state index in [4.69, 9.17) is 0 Å². The molecule has 2 saturated carbocycles. The molecule has 3 unspecified atom stereocenters. The summed E-state index contributed by atoms with van der Waals surface area (Å²) in [5.41, 5.74) is 1.05. The molecule has 0 spiro atoms. The van der Waals surface area contributed by atoms with Crippen LogP contribution in [0.15, 0.2) is 24.3 Å². The maximum Gasteiger partial charge on any atom is 0.115 e. The van der Waals surface area contributed by atoms with Crippen LogP contribution < -0.4 is 0 Å². The van der Waals surface area contributed by atoms with Crippen LogP contribution in [-0.4, -0.2) is 5.11 Å². The van der Waals surface area contributed by atoms with E-state index in [1.54, 1.807) is 12.1 Å². The van der Waals surface area contributed by atoms with Crippen molar-refractivity contribution < 1.29 is 5.11 Å². The second-order valence-corrected chi connectivity index (χ2v) is 5.69. The molecule has 2 nitrogen and oxygen atoms in total. The number of benzene rings is 1. The van der Waals surface area contributed by atoms with Crippen molar-refractivity contribution in [3.05, 3.63) is 29.8 Å². The third-order valence-corrected chi connectivity index (χ3v) is 4.65. The largest absolute Gasteiger partial charge is 0.508 e. The Morgan fingerprint density at radius 2 is 2.06 bits per heavy atom. The van der Waals surface area contributed by atoms with Gasteiger partial charge in [-0.15, -0.1) is 0 Å². The topological polar surface area (TPSA) is 44.0 Å². The van der Waals surface area contributed by atoms with E-state index >= 15 is 0 Å². The predicted octanol–water partition coefficient (Wildman–Crippen LogP) is 3.26. The van der Waals surface area contributed by atoms with E-state index in [0.717, 1.165) is 18.8 Å². The molecule has 1 aromatic rings. The highest BCUT2D eigenvalue weighted by Crippen LogP contribution is 2.56. The molecule has 2 heteroatoms. The normalized spacial score (nSPS) is 34.8. The van der Waals surface area contributed by atoms with Crippen LogP contribution in [0.2, 0.25) is 0 Å². The van der Waals surface area contributed by atoms with Gasteiger partial charge in [-0.2, -0.15) is 5.26 Å². The Balaban J connectivity index is 1.84. The molecular formula is C15H17NO. The van der Waals surface area contributed by atoms with Crippen LogP contribution in [0.3, 0.4) is 0 Å². The van der Waals surface area contributed by atoms with Gasteiger partial charge in [-0.3, -0.25) is 0 Å². The summed E-state index contributed by atoms with van der Waals surface area (Å²) in [4.78, 5) is 0. The van der Waals surface area contributed by atoms with E-state index in [1.165, 1.54) is 24.8 Å². The summed E-state index contributed by atoms with van der Waals surface area (Å²) >= 11 is 0. The van der Waals surface area contributed by atoms with Crippen molar-refractivity contribution in [3.63, 3.8) is 0 Å². The van der Waals surface area contributed by atoms with Gasteiger partial charge in [-0.1, -0.05) is 18.6 Å². The van der Waals surface area contributed by atoms with Crippen LogP contribution in [0.1, 0.15) is 31.2 Å². The minimum atomic E-state index is -0.125. The fourth-order valence-corrected chi connectivity index (χ4v) is 3.82. The number of hydrogen-bond donors (Lipinski definition) is 1. The molecule has 0 amide bonds. The van der Waals surface area contributed by atoms with Gasteiger partial charge < -0.3 is 5.11 Å². The van der Waals surface area contributed by atoms with E-state index in [-0.39, 0.29) is 5.41 Å². The molecule has 2 aliphatic carbocycles. The van der Waals surface area contributed by atoms with Crippen molar-refractivity contribution in [2.75, 3.05) is 0 Å². The van der Waals surface area contributed by atoms with Crippen molar-refractivity contribution in [1.82, 2.24) is 0 Å². The zero-order valence-corrected chi connectivity index (χ0v) is 9.89. The standard InChI is InChI=1S/C15H17NO/c16-10-15(9-12-1-4-13(15)7-12)8-11-2-5-14(17)6-3-11/h2-3,5-6,12-13,17H,1,4,7-9H2. The number of phenols is 1. The molecule has 0 radical (unpaired) electrons.